The van der Waals surface area contributed by atoms with E-state index in [-0.39, 0.29) is 16.7 Å². The molecule has 314 valence electrons. The number of aromatic nitrogens is 9. The molecule has 9 aromatic rings. The summed E-state index contributed by atoms with van der Waals surface area (Å²) < 4.78 is 5.26. The Morgan fingerprint density at radius 1 is 0.460 bits per heavy atom. The molecule has 0 unspecified atom stereocenters. The SMILES string of the molecule is O=c1cc(CSc2cccc(Cc3cccc(-n4[nH]c(CSc5cccc(Cc6ccnc(-n7[nH]c(CSc8ccccc8)cc7=O)c6)c5)cc4=O)n3)c2)[nH]n1-c1cc(Br)ccn1. The smallest absolute Gasteiger partial charge is 0.272 e. The molecule has 0 fully saturated rings. The van der Waals surface area contributed by atoms with E-state index in [1.54, 1.807) is 71.9 Å². The molecule has 16 heteroatoms. The van der Waals surface area contributed by atoms with Crippen molar-refractivity contribution in [1.82, 2.24) is 44.3 Å². The van der Waals surface area contributed by atoms with Gasteiger partial charge in [-0.25, -0.2) is 29.0 Å². The highest BCUT2D eigenvalue weighted by Crippen LogP contribution is 2.26. The highest BCUT2D eigenvalue weighted by atomic mass is 79.9. The van der Waals surface area contributed by atoms with Crippen LogP contribution < -0.4 is 16.7 Å². The van der Waals surface area contributed by atoms with E-state index in [2.05, 4.69) is 83.7 Å². The minimum absolute atomic E-state index is 0.148. The minimum Gasteiger partial charge on any atom is -0.293 e. The molecule has 9 rings (SSSR count). The van der Waals surface area contributed by atoms with Crippen LogP contribution in [0.1, 0.15) is 39.5 Å². The Balaban J connectivity index is 0.804. The van der Waals surface area contributed by atoms with Crippen LogP contribution in [0.3, 0.4) is 0 Å². The number of aromatic amines is 3. The van der Waals surface area contributed by atoms with Gasteiger partial charge in [0, 0.05) is 96.2 Å². The summed E-state index contributed by atoms with van der Waals surface area (Å²) in [6.45, 7) is 0. The first-order chi connectivity index (χ1) is 30.8. The predicted octanol–water partition coefficient (Wildman–Crippen LogP) is 9.13. The number of benzene rings is 3. The largest absolute Gasteiger partial charge is 0.293 e. The van der Waals surface area contributed by atoms with E-state index >= 15 is 0 Å². The molecule has 6 aromatic heterocycles. The molecule has 0 atom stereocenters. The van der Waals surface area contributed by atoms with Crippen LogP contribution >= 0.6 is 51.2 Å². The Bertz CT molecular complexity index is 3210. The fourth-order valence-corrected chi connectivity index (χ4v) is 9.80. The number of pyridine rings is 3. The molecule has 63 heavy (non-hydrogen) atoms. The summed E-state index contributed by atoms with van der Waals surface area (Å²) in [5.74, 6) is 3.38. The third-order valence-electron chi connectivity index (χ3n) is 9.83. The van der Waals surface area contributed by atoms with Crippen LogP contribution in [0.4, 0.5) is 0 Å². The second kappa shape index (κ2) is 19.4. The van der Waals surface area contributed by atoms with Gasteiger partial charge in [0.1, 0.15) is 0 Å². The van der Waals surface area contributed by atoms with Crippen molar-refractivity contribution in [3.63, 3.8) is 0 Å². The Morgan fingerprint density at radius 3 is 1.56 bits per heavy atom. The zero-order valence-electron chi connectivity index (χ0n) is 33.5. The quantitative estimate of drug-likeness (QED) is 0.0806. The average molecular weight is 953 g/mol. The van der Waals surface area contributed by atoms with Gasteiger partial charge >= 0.3 is 0 Å². The van der Waals surface area contributed by atoms with Gasteiger partial charge in [-0.1, -0.05) is 64.5 Å². The second-order valence-corrected chi connectivity index (χ2v) is 18.6. The van der Waals surface area contributed by atoms with Gasteiger partial charge in [0.05, 0.1) is 0 Å². The molecule has 3 aromatic carbocycles. The van der Waals surface area contributed by atoms with E-state index in [4.69, 9.17) is 4.98 Å². The van der Waals surface area contributed by atoms with E-state index in [9.17, 15) is 14.4 Å². The van der Waals surface area contributed by atoms with Crippen LogP contribution in [0.25, 0.3) is 17.5 Å². The number of rotatable bonds is 16. The number of nitrogens with one attached hydrogen (secondary N) is 3. The van der Waals surface area contributed by atoms with Gasteiger partial charge in [-0.05, 0) is 95.9 Å². The molecule has 0 amide bonds. The van der Waals surface area contributed by atoms with Gasteiger partial charge in [0.25, 0.3) is 16.7 Å². The summed E-state index contributed by atoms with van der Waals surface area (Å²) in [7, 11) is 0. The number of hydrogen-bond donors (Lipinski definition) is 3. The van der Waals surface area contributed by atoms with Crippen LogP contribution in [-0.4, -0.2) is 44.3 Å². The molecule has 6 heterocycles. The van der Waals surface area contributed by atoms with Crippen molar-refractivity contribution in [3.8, 4) is 17.5 Å². The monoisotopic (exact) mass is 951 g/mol. The van der Waals surface area contributed by atoms with Gasteiger partial charge < -0.3 is 0 Å². The maximum atomic E-state index is 13.2. The zero-order valence-corrected chi connectivity index (χ0v) is 37.5. The molecule has 0 aliphatic carbocycles. The summed E-state index contributed by atoms with van der Waals surface area (Å²) in [5.41, 5.74) is 5.97. The Labute approximate surface area is 382 Å². The number of H-pyrrole nitrogens is 3. The van der Waals surface area contributed by atoms with Crippen molar-refractivity contribution in [2.45, 2.75) is 44.8 Å². The molecular weight excluding hydrogens is 915 g/mol. The van der Waals surface area contributed by atoms with Crippen molar-refractivity contribution >= 4 is 51.2 Å². The van der Waals surface area contributed by atoms with Crippen LogP contribution in [-0.2, 0) is 30.1 Å². The summed E-state index contributed by atoms with van der Waals surface area (Å²) in [5, 5.41) is 9.65. The van der Waals surface area contributed by atoms with Crippen LogP contribution in [0, 0.1) is 0 Å². The maximum absolute atomic E-state index is 13.2. The minimum atomic E-state index is -0.179. The lowest BCUT2D eigenvalue weighted by atomic mass is 10.1. The first-order valence-corrected chi connectivity index (χ1v) is 23.6. The van der Waals surface area contributed by atoms with Gasteiger partial charge in [-0.2, -0.15) is 0 Å². The summed E-state index contributed by atoms with van der Waals surface area (Å²) >= 11 is 8.37. The van der Waals surface area contributed by atoms with E-state index in [0.29, 0.717) is 47.6 Å². The van der Waals surface area contributed by atoms with Crippen LogP contribution in [0.2, 0.25) is 0 Å². The third kappa shape index (κ3) is 10.7. The Hall–Kier alpha value is -6.33. The van der Waals surface area contributed by atoms with Gasteiger partial charge in [-0.15, -0.1) is 35.3 Å². The molecule has 0 spiro atoms. The summed E-state index contributed by atoms with van der Waals surface area (Å²) in [6, 6.07) is 44.7. The molecule has 12 nitrogen and oxygen atoms in total. The number of thioether (sulfide) groups is 3. The number of nitrogens with zero attached hydrogens (tertiary/aromatic N) is 6. The molecule has 0 bridgehead atoms. The topological polar surface area (TPSA) is 152 Å². The van der Waals surface area contributed by atoms with Crippen molar-refractivity contribution in [1.29, 1.82) is 0 Å². The van der Waals surface area contributed by atoms with Crippen molar-refractivity contribution < 1.29 is 0 Å². The lowest BCUT2D eigenvalue weighted by molar-refractivity contribution is 0.797. The van der Waals surface area contributed by atoms with Gasteiger partial charge in [0.15, 0.2) is 17.5 Å². The molecule has 0 aliphatic heterocycles. The molecule has 0 saturated carbocycles. The second-order valence-electron chi connectivity index (χ2n) is 14.5. The van der Waals surface area contributed by atoms with Crippen molar-refractivity contribution in [2.24, 2.45) is 0 Å². The molecule has 0 radical (unpaired) electrons. The Morgan fingerprint density at radius 2 is 0.952 bits per heavy atom. The number of halogens is 1. The predicted molar refractivity (Wildman–Crippen MR) is 254 cm³/mol. The zero-order chi connectivity index (χ0) is 43.1. The fraction of sp³-hybridized carbons (Fsp3) is 0.106. The maximum Gasteiger partial charge on any atom is 0.272 e. The van der Waals surface area contributed by atoms with Crippen molar-refractivity contribution in [3.05, 3.63) is 227 Å². The lowest BCUT2D eigenvalue weighted by Gasteiger charge is -2.08. The van der Waals surface area contributed by atoms with E-state index in [1.165, 1.54) is 14.0 Å². The van der Waals surface area contributed by atoms with E-state index in [0.717, 1.165) is 58.6 Å². The molecule has 3 N–H and O–H groups in total. The first kappa shape index (κ1) is 42.0. The highest BCUT2D eigenvalue weighted by molar-refractivity contribution is 9.10. The van der Waals surface area contributed by atoms with Gasteiger partial charge in [0.2, 0.25) is 0 Å². The van der Waals surface area contributed by atoms with E-state index in [1.807, 2.05) is 72.8 Å². The third-order valence-corrected chi connectivity index (χ3v) is 13.5. The van der Waals surface area contributed by atoms with Gasteiger partial charge in [-0.3, -0.25) is 29.7 Å². The fourth-order valence-electron chi connectivity index (χ4n) is 6.90. The van der Waals surface area contributed by atoms with Crippen LogP contribution in [0.5, 0.6) is 0 Å². The Kier molecular flexibility index (Phi) is 12.9. The standard InChI is InChI=1S/C47H38BrN9O3S3/c48-34-16-18-50-44(24-34)57-47(60)27-38(54-57)30-63-41-13-5-8-32(22-41)20-35-9-6-14-42(51-35)55-45(58)25-37(52-55)29-62-40-12-4-7-31(21-40)19-33-15-17-49-43(23-33)56-46(59)26-36(53-56)28-61-39-10-2-1-3-11-39/h1-18,21-27,52-54H,19-20,28-30H2. The van der Waals surface area contributed by atoms with Crippen LogP contribution in [0.15, 0.2) is 185 Å². The lowest BCUT2D eigenvalue weighted by Crippen LogP contribution is -2.15. The summed E-state index contributed by atoms with van der Waals surface area (Å²) in [4.78, 5) is 55.6. The molecule has 0 aliphatic rings. The molecule has 0 saturated heterocycles. The highest BCUT2D eigenvalue weighted by Gasteiger charge is 2.12. The number of hydrogen-bond acceptors (Lipinski definition) is 9. The van der Waals surface area contributed by atoms with E-state index < -0.39 is 0 Å². The average Bonchev–Trinajstić information content (AvgIpc) is 4.00. The summed E-state index contributed by atoms with van der Waals surface area (Å²) in [6.07, 6.45) is 4.62. The van der Waals surface area contributed by atoms with Crippen molar-refractivity contribution in [2.75, 3.05) is 0 Å². The first-order valence-electron chi connectivity index (χ1n) is 19.9. The molecular formula is C47H38BrN9O3S3. The normalized spacial score (nSPS) is 11.3.